The van der Waals surface area contributed by atoms with Gasteiger partial charge in [0, 0.05) is 5.69 Å². The van der Waals surface area contributed by atoms with Crippen LogP contribution in [0, 0.1) is 24.7 Å². The predicted molar refractivity (Wildman–Crippen MR) is 74.4 cm³/mol. The number of aromatic nitrogens is 2. The van der Waals surface area contributed by atoms with Crippen molar-refractivity contribution in [1.29, 1.82) is 0 Å². The Balaban J connectivity index is 1.70. The van der Waals surface area contributed by atoms with Crippen LogP contribution >= 0.6 is 0 Å². The van der Waals surface area contributed by atoms with E-state index in [0.717, 1.165) is 23.4 Å². The summed E-state index contributed by atoms with van der Waals surface area (Å²) in [6, 6.07) is 0. The lowest BCUT2D eigenvalue weighted by Gasteiger charge is -2.57. The molecule has 4 aliphatic carbocycles. The summed E-state index contributed by atoms with van der Waals surface area (Å²) in [5.41, 5.74) is 2.74. The second-order valence-corrected chi connectivity index (χ2v) is 7.39. The molecule has 1 N–H and O–H groups in total. The monoisotopic (exact) mass is 274 g/mol. The lowest BCUT2D eigenvalue weighted by Crippen LogP contribution is -2.48. The quantitative estimate of drug-likeness (QED) is 0.922. The number of rotatable bonds is 3. The zero-order valence-corrected chi connectivity index (χ0v) is 12.0. The highest BCUT2D eigenvalue weighted by Crippen LogP contribution is 2.61. The molecule has 108 valence electrons. The molecule has 4 bridgehead atoms. The molecule has 4 aliphatic rings. The smallest absolute Gasteiger partial charge is 0.325 e. The Bertz CT molecular complexity index is 526. The SMILES string of the molecule is Cc1c(C23CC4CC(CC(C4)C2)C3)cnn1CC(=O)O. The maximum atomic E-state index is 10.9. The van der Waals surface area contributed by atoms with Crippen LogP contribution in [0.3, 0.4) is 0 Å². The molecule has 4 heteroatoms. The summed E-state index contributed by atoms with van der Waals surface area (Å²) >= 11 is 0. The number of carboxylic acid groups (broad SMARTS) is 1. The maximum absolute atomic E-state index is 10.9. The first-order valence-electron chi connectivity index (χ1n) is 7.80. The minimum atomic E-state index is -0.812. The van der Waals surface area contributed by atoms with Crippen LogP contribution in [0.4, 0.5) is 0 Å². The van der Waals surface area contributed by atoms with Crippen molar-refractivity contribution in [2.75, 3.05) is 0 Å². The van der Waals surface area contributed by atoms with E-state index in [-0.39, 0.29) is 6.54 Å². The average molecular weight is 274 g/mol. The molecule has 0 spiro atoms. The van der Waals surface area contributed by atoms with Gasteiger partial charge in [0.25, 0.3) is 0 Å². The van der Waals surface area contributed by atoms with Gasteiger partial charge in [-0.1, -0.05) is 0 Å². The molecule has 0 unspecified atom stereocenters. The molecule has 1 heterocycles. The first-order valence-corrected chi connectivity index (χ1v) is 7.80. The molecule has 0 aliphatic heterocycles. The minimum Gasteiger partial charge on any atom is -0.480 e. The van der Waals surface area contributed by atoms with E-state index in [1.807, 2.05) is 13.1 Å². The van der Waals surface area contributed by atoms with Crippen molar-refractivity contribution in [2.45, 2.75) is 57.4 Å². The van der Waals surface area contributed by atoms with Crippen LogP contribution in [0.5, 0.6) is 0 Å². The molecule has 5 rings (SSSR count). The number of nitrogens with zero attached hydrogens (tertiary/aromatic N) is 2. The topological polar surface area (TPSA) is 55.1 Å². The molecule has 4 fully saturated rings. The van der Waals surface area contributed by atoms with Gasteiger partial charge in [-0.05, 0) is 74.2 Å². The van der Waals surface area contributed by atoms with E-state index in [4.69, 9.17) is 5.11 Å². The highest BCUT2D eigenvalue weighted by Gasteiger charge is 2.52. The van der Waals surface area contributed by atoms with E-state index < -0.39 is 5.97 Å². The zero-order chi connectivity index (χ0) is 13.9. The minimum absolute atomic E-state index is 0.0157. The standard InChI is InChI=1S/C16H22N2O2/c1-10-14(8-17-18(10)9-15(19)20)16-5-11-2-12(6-16)4-13(3-11)7-16/h8,11-13H,2-7,9H2,1H3,(H,19,20). The van der Waals surface area contributed by atoms with Gasteiger partial charge in [-0.15, -0.1) is 0 Å². The molecule has 20 heavy (non-hydrogen) atoms. The number of carboxylic acids is 1. The third-order valence-electron chi connectivity index (χ3n) is 6.00. The normalized spacial score (nSPS) is 38.4. The van der Waals surface area contributed by atoms with E-state index in [9.17, 15) is 4.79 Å². The molecule has 0 atom stereocenters. The van der Waals surface area contributed by atoms with Gasteiger partial charge in [-0.2, -0.15) is 5.10 Å². The maximum Gasteiger partial charge on any atom is 0.325 e. The van der Waals surface area contributed by atoms with Gasteiger partial charge in [-0.25, -0.2) is 0 Å². The van der Waals surface area contributed by atoms with Crippen molar-refractivity contribution in [2.24, 2.45) is 17.8 Å². The molecular formula is C16H22N2O2. The second kappa shape index (κ2) is 4.09. The summed E-state index contributed by atoms with van der Waals surface area (Å²) in [5.74, 6) is 1.91. The summed E-state index contributed by atoms with van der Waals surface area (Å²) in [6.07, 6.45) is 10.2. The van der Waals surface area contributed by atoms with Gasteiger partial charge in [0.2, 0.25) is 0 Å². The van der Waals surface area contributed by atoms with Gasteiger partial charge in [0.1, 0.15) is 6.54 Å². The summed E-state index contributed by atoms with van der Waals surface area (Å²) in [5, 5.41) is 13.3. The van der Waals surface area contributed by atoms with Crippen molar-refractivity contribution in [3.8, 4) is 0 Å². The number of hydrogen-bond acceptors (Lipinski definition) is 2. The van der Waals surface area contributed by atoms with Crippen LogP contribution in [-0.2, 0) is 16.8 Å². The van der Waals surface area contributed by atoms with E-state index in [0.29, 0.717) is 5.41 Å². The Morgan fingerprint density at radius 3 is 2.35 bits per heavy atom. The first-order chi connectivity index (χ1) is 9.56. The molecule has 0 aromatic carbocycles. The van der Waals surface area contributed by atoms with Gasteiger partial charge in [0.15, 0.2) is 0 Å². The van der Waals surface area contributed by atoms with Crippen LogP contribution in [0.2, 0.25) is 0 Å². The molecule has 4 saturated carbocycles. The summed E-state index contributed by atoms with van der Waals surface area (Å²) in [7, 11) is 0. The van der Waals surface area contributed by atoms with Crippen LogP contribution in [-0.4, -0.2) is 20.9 Å². The van der Waals surface area contributed by atoms with Gasteiger partial charge in [0.05, 0.1) is 6.20 Å². The van der Waals surface area contributed by atoms with Crippen molar-refractivity contribution in [1.82, 2.24) is 9.78 Å². The summed E-state index contributed by atoms with van der Waals surface area (Å²) in [4.78, 5) is 10.9. The Labute approximate surface area is 119 Å². The zero-order valence-electron chi connectivity index (χ0n) is 12.0. The highest BCUT2D eigenvalue weighted by molar-refractivity contribution is 5.66. The second-order valence-electron chi connectivity index (χ2n) is 7.39. The first kappa shape index (κ1) is 12.4. The Kier molecular flexibility index (Phi) is 2.54. The van der Waals surface area contributed by atoms with E-state index in [1.165, 1.54) is 44.1 Å². The largest absolute Gasteiger partial charge is 0.480 e. The third-order valence-corrected chi connectivity index (χ3v) is 6.00. The van der Waals surface area contributed by atoms with Gasteiger partial charge < -0.3 is 5.11 Å². The lowest BCUT2D eigenvalue weighted by molar-refractivity contribution is -0.137. The summed E-state index contributed by atoms with van der Waals surface area (Å²) in [6.45, 7) is 2.03. The van der Waals surface area contributed by atoms with Crippen LogP contribution in [0.15, 0.2) is 6.20 Å². The molecule has 0 radical (unpaired) electrons. The Hall–Kier alpha value is -1.32. The number of aliphatic carboxylic acids is 1. The van der Waals surface area contributed by atoms with Crippen molar-refractivity contribution in [3.05, 3.63) is 17.5 Å². The Morgan fingerprint density at radius 1 is 1.30 bits per heavy atom. The van der Waals surface area contributed by atoms with Crippen LogP contribution in [0.25, 0.3) is 0 Å². The molecule has 1 aromatic rings. The van der Waals surface area contributed by atoms with Crippen molar-refractivity contribution in [3.63, 3.8) is 0 Å². The fourth-order valence-corrected chi connectivity index (χ4v) is 5.70. The average Bonchev–Trinajstić information content (AvgIpc) is 2.69. The number of hydrogen-bond donors (Lipinski definition) is 1. The van der Waals surface area contributed by atoms with E-state index in [1.54, 1.807) is 4.68 Å². The van der Waals surface area contributed by atoms with E-state index in [2.05, 4.69) is 5.10 Å². The fourth-order valence-electron chi connectivity index (χ4n) is 5.70. The van der Waals surface area contributed by atoms with Crippen LogP contribution in [0.1, 0.15) is 49.8 Å². The molecule has 0 amide bonds. The lowest BCUT2D eigenvalue weighted by atomic mass is 9.48. The third kappa shape index (κ3) is 1.73. The number of carbonyl (C=O) groups is 1. The Morgan fingerprint density at radius 2 is 1.85 bits per heavy atom. The van der Waals surface area contributed by atoms with E-state index >= 15 is 0 Å². The molecule has 1 aromatic heterocycles. The van der Waals surface area contributed by atoms with Crippen molar-refractivity contribution < 1.29 is 9.90 Å². The van der Waals surface area contributed by atoms with Gasteiger partial charge in [-0.3, -0.25) is 9.48 Å². The molecule has 0 saturated heterocycles. The molecular weight excluding hydrogens is 252 g/mol. The van der Waals surface area contributed by atoms with Gasteiger partial charge >= 0.3 is 5.97 Å². The summed E-state index contributed by atoms with van der Waals surface area (Å²) < 4.78 is 1.66. The van der Waals surface area contributed by atoms with Crippen LogP contribution < -0.4 is 0 Å². The molecule has 4 nitrogen and oxygen atoms in total. The highest BCUT2D eigenvalue weighted by atomic mass is 16.4. The fraction of sp³-hybridized carbons (Fsp3) is 0.750. The predicted octanol–water partition coefficient (Wildman–Crippen LogP) is 2.74. The van der Waals surface area contributed by atoms with Crippen molar-refractivity contribution >= 4 is 5.97 Å².